The number of carbonyl (C=O) groups is 2. The minimum atomic E-state index is 0.0955. The summed E-state index contributed by atoms with van der Waals surface area (Å²) < 4.78 is 0. The summed E-state index contributed by atoms with van der Waals surface area (Å²) in [4.78, 5) is 25.0. The number of hydrogen-bond acceptors (Lipinski definition) is 2. The van der Waals surface area contributed by atoms with Crippen LogP contribution in [-0.4, -0.2) is 18.7 Å². The second-order valence-electron chi connectivity index (χ2n) is 4.50. The lowest BCUT2D eigenvalue weighted by Gasteiger charge is -2.10. The number of fused-ring (bicyclic) bond motifs is 1. The summed E-state index contributed by atoms with van der Waals surface area (Å²) in [5.41, 5.74) is 2.64. The lowest BCUT2D eigenvalue weighted by Crippen LogP contribution is -2.20. The van der Waals surface area contributed by atoms with E-state index in [1.807, 2.05) is 18.2 Å². The van der Waals surface area contributed by atoms with E-state index in [1.54, 1.807) is 11.9 Å². The van der Waals surface area contributed by atoms with Gasteiger partial charge in [-0.15, -0.1) is 0 Å². The fourth-order valence-corrected chi connectivity index (χ4v) is 2.13. The number of likely N-dealkylation sites (N-methyl/N-ethyl adjacent to an activating group) is 1. The SMILES string of the molecule is CCCCC(=O)c1ccc2c(c1)CC(=O)N2C. The van der Waals surface area contributed by atoms with Crippen molar-refractivity contribution in [2.24, 2.45) is 0 Å². The average Bonchev–Trinajstić information content (AvgIpc) is 2.61. The van der Waals surface area contributed by atoms with Gasteiger partial charge in [0.25, 0.3) is 0 Å². The summed E-state index contributed by atoms with van der Waals surface area (Å²) in [7, 11) is 1.77. The van der Waals surface area contributed by atoms with Crippen molar-refractivity contribution >= 4 is 17.4 Å². The van der Waals surface area contributed by atoms with Crippen molar-refractivity contribution in [1.29, 1.82) is 0 Å². The van der Waals surface area contributed by atoms with Crippen molar-refractivity contribution in [2.75, 3.05) is 11.9 Å². The van der Waals surface area contributed by atoms with E-state index in [0.29, 0.717) is 12.8 Å². The molecule has 3 heteroatoms. The van der Waals surface area contributed by atoms with Gasteiger partial charge in [0.05, 0.1) is 6.42 Å². The van der Waals surface area contributed by atoms with Crippen molar-refractivity contribution in [3.8, 4) is 0 Å². The number of anilines is 1. The fraction of sp³-hybridized carbons (Fsp3) is 0.429. The third kappa shape index (κ3) is 2.23. The van der Waals surface area contributed by atoms with Crippen LogP contribution in [0.1, 0.15) is 42.1 Å². The Labute approximate surface area is 101 Å². The van der Waals surface area contributed by atoms with Gasteiger partial charge in [0.15, 0.2) is 5.78 Å². The van der Waals surface area contributed by atoms with Crippen LogP contribution in [-0.2, 0) is 11.2 Å². The predicted molar refractivity (Wildman–Crippen MR) is 67.4 cm³/mol. The number of unbranched alkanes of at least 4 members (excludes halogenated alkanes) is 1. The number of hydrogen-bond donors (Lipinski definition) is 0. The summed E-state index contributed by atoms with van der Waals surface area (Å²) in [6, 6.07) is 5.57. The van der Waals surface area contributed by atoms with Crippen LogP contribution < -0.4 is 4.90 Å². The minimum Gasteiger partial charge on any atom is -0.315 e. The number of Topliss-reactive ketones (excluding diaryl/α,β-unsaturated/α-hetero) is 1. The Hall–Kier alpha value is -1.64. The van der Waals surface area contributed by atoms with E-state index in [0.717, 1.165) is 29.7 Å². The Morgan fingerprint density at radius 2 is 2.18 bits per heavy atom. The van der Waals surface area contributed by atoms with Gasteiger partial charge in [-0.25, -0.2) is 0 Å². The lowest BCUT2D eigenvalue weighted by atomic mass is 10.0. The third-order valence-corrected chi connectivity index (χ3v) is 3.24. The first kappa shape index (κ1) is 11.8. The van der Waals surface area contributed by atoms with Crippen LogP contribution in [0.3, 0.4) is 0 Å². The highest BCUT2D eigenvalue weighted by Crippen LogP contribution is 2.28. The molecule has 0 fully saturated rings. The normalized spacial score (nSPS) is 14.0. The molecule has 0 N–H and O–H groups in total. The van der Waals surface area contributed by atoms with Crippen molar-refractivity contribution in [2.45, 2.75) is 32.6 Å². The molecule has 0 spiro atoms. The van der Waals surface area contributed by atoms with Gasteiger partial charge in [-0.2, -0.15) is 0 Å². The molecule has 1 heterocycles. The zero-order chi connectivity index (χ0) is 12.4. The van der Waals surface area contributed by atoms with Gasteiger partial charge in [-0.1, -0.05) is 13.3 Å². The zero-order valence-corrected chi connectivity index (χ0v) is 10.3. The highest BCUT2D eigenvalue weighted by atomic mass is 16.2. The Bertz CT molecular complexity index is 465. The molecule has 0 aromatic heterocycles. The Balaban J connectivity index is 2.21. The summed E-state index contributed by atoms with van der Waals surface area (Å²) in [6.45, 7) is 2.07. The van der Waals surface area contributed by atoms with Crippen LogP contribution in [0.4, 0.5) is 5.69 Å². The van der Waals surface area contributed by atoms with E-state index in [4.69, 9.17) is 0 Å². The Morgan fingerprint density at radius 1 is 1.41 bits per heavy atom. The Morgan fingerprint density at radius 3 is 2.88 bits per heavy atom. The van der Waals surface area contributed by atoms with E-state index in [1.165, 1.54) is 0 Å². The van der Waals surface area contributed by atoms with Gasteiger partial charge in [0.2, 0.25) is 5.91 Å². The summed E-state index contributed by atoms with van der Waals surface area (Å²) in [5, 5.41) is 0. The number of rotatable bonds is 4. The van der Waals surface area contributed by atoms with Crippen LogP contribution in [0.15, 0.2) is 18.2 Å². The minimum absolute atomic E-state index is 0.0955. The van der Waals surface area contributed by atoms with Crippen molar-refractivity contribution in [3.63, 3.8) is 0 Å². The van der Waals surface area contributed by atoms with Crippen molar-refractivity contribution < 1.29 is 9.59 Å². The monoisotopic (exact) mass is 231 g/mol. The molecule has 2 rings (SSSR count). The molecular weight excluding hydrogens is 214 g/mol. The molecule has 0 saturated carbocycles. The van der Waals surface area contributed by atoms with Crippen LogP contribution in [0.25, 0.3) is 0 Å². The summed E-state index contributed by atoms with van der Waals surface area (Å²) >= 11 is 0. The van der Waals surface area contributed by atoms with Gasteiger partial charge in [0.1, 0.15) is 0 Å². The number of amides is 1. The quantitative estimate of drug-likeness (QED) is 0.747. The van der Waals surface area contributed by atoms with Crippen molar-refractivity contribution in [1.82, 2.24) is 0 Å². The molecule has 1 aliphatic rings. The maximum atomic E-state index is 11.9. The first-order valence-electron chi connectivity index (χ1n) is 6.06. The second-order valence-corrected chi connectivity index (χ2v) is 4.50. The molecule has 0 radical (unpaired) electrons. The molecule has 1 aliphatic heterocycles. The molecule has 0 bridgehead atoms. The zero-order valence-electron chi connectivity index (χ0n) is 10.3. The van der Waals surface area contributed by atoms with Crippen LogP contribution in [0.5, 0.6) is 0 Å². The molecule has 90 valence electrons. The maximum Gasteiger partial charge on any atom is 0.231 e. The molecule has 1 amide bonds. The van der Waals surface area contributed by atoms with Crippen molar-refractivity contribution in [3.05, 3.63) is 29.3 Å². The van der Waals surface area contributed by atoms with Gasteiger partial charge in [-0.05, 0) is 30.2 Å². The first-order valence-corrected chi connectivity index (χ1v) is 6.06. The highest BCUT2D eigenvalue weighted by molar-refractivity contribution is 6.03. The fourth-order valence-electron chi connectivity index (χ4n) is 2.13. The average molecular weight is 231 g/mol. The highest BCUT2D eigenvalue weighted by Gasteiger charge is 2.24. The van der Waals surface area contributed by atoms with E-state index in [9.17, 15) is 9.59 Å². The molecule has 3 nitrogen and oxygen atoms in total. The second kappa shape index (κ2) is 4.70. The van der Waals surface area contributed by atoms with E-state index < -0.39 is 0 Å². The smallest absolute Gasteiger partial charge is 0.231 e. The number of ketones is 1. The van der Waals surface area contributed by atoms with Gasteiger partial charge >= 0.3 is 0 Å². The predicted octanol–water partition coefficient (Wildman–Crippen LogP) is 2.58. The Kier molecular flexibility index (Phi) is 3.27. The van der Waals surface area contributed by atoms with E-state index in [2.05, 4.69) is 6.92 Å². The molecule has 0 saturated heterocycles. The molecule has 17 heavy (non-hydrogen) atoms. The van der Waals surface area contributed by atoms with E-state index in [-0.39, 0.29) is 11.7 Å². The number of nitrogens with zero attached hydrogens (tertiary/aromatic N) is 1. The molecule has 0 unspecified atom stereocenters. The molecular formula is C14H17NO2. The maximum absolute atomic E-state index is 11.9. The largest absolute Gasteiger partial charge is 0.315 e. The van der Waals surface area contributed by atoms with Gasteiger partial charge in [0, 0.05) is 24.7 Å². The molecule has 0 atom stereocenters. The van der Waals surface area contributed by atoms with Crippen LogP contribution in [0, 0.1) is 0 Å². The van der Waals surface area contributed by atoms with Gasteiger partial charge in [-0.3, -0.25) is 9.59 Å². The molecule has 0 aliphatic carbocycles. The van der Waals surface area contributed by atoms with Gasteiger partial charge < -0.3 is 4.90 Å². The third-order valence-electron chi connectivity index (χ3n) is 3.24. The number of carbonyl (C=O) groups excluding carboxylic acids is 2. The van der Waals surface area contributed by atoms with Crippen LogP contribution >= 0.6 is 0 Å². The molecule has 1 aromatic rings. The van der Waals surface area contributed by atoms with E-state index >= 15 is 0 Å². The lowest BCUT2D eigenvalue weighted by molar-refractivity contribution is -0.117. The molecule has 1 aromatic carbocycles. The number of benzene rings is 1. The summed E-state index contributed by atoms with van der Waals surface area (Å²) in [6.07, 6.45) is 2.96. The summed E-state index contributed by atoms with van der Waals surface area (Å²) in [5.74, 6) is 0.273. The van der Waals surface area contributed by atoms with Crippen LogP contribution in [0.2, 0.25) is 0 Å². The topological polar surface area (TPSA) is 37.4 Å². The first-order chi connectivity index (χ1) is 8.13. The standard InChI is InChI=1S/C14H17NO2/c1-3-4-5-13(16)10-6-7-12-11(8-10)9-14(17)15(12)2/h6-8H,3-5,9H2,1-2H3.